The van der Waals surface area contributed by atoms with Gasteiger partial charge in [-0.2, -0.15) is 5.10 Å². The second-order valence-corrected chi connectivity index (χ2v) is 5.66. The monoisotopic (exact) mass is 321 g/mol. The van der Waals surface area contributed by atoms with Crippen LogP contribution in [0.4, 0.5) is 0 Å². The minimum absolute atomic E-state index is 0.0900. The van der Waals surface area contributed by atoms with Gasteiger partial charge in [0.25, 0.3) is 5.56 Å². The average Bonchev–Trinajstić information content (AvgIpc) is 2.62. The van der Waals surface area contributed by atoms with Crippen molar-refractivity contribution in [3.8, 4) is 0 Å². The van der Waals surface area contributed by atoms with E-state index in [0.717, 1.165) is 18.2 Å². The molecule has 0 saturated carbocycles. The van der Waals surface area contributed by atoms with Crippen molar-refractivity contribution in [2.75, 3.05) is 6.54 Å². The molecular weight excluding hydrogens is 302 g/mol. The molecule has 0 atom stereocenters. The zero-order valence-electron chi connectivity index (χ0n) is 13.3. The molecule has 1 heterocycles. The van der Waals surface area contributed by atoms with Gasteiger partial charge in [0.05, 0.1) is 17.5 Å². The van der Waals surface area contributed by atoms with E-state index in [2.05, 4.69) is 27.6 Å². The van der Waals surface area contributed by atoms with Crippen LogP contribution in [0.25, 0.3) is 10.8 Å². The zero-order valence-corrected chi connectivity index (χ0v) is 13.3. The summed E-state index contributed by atoms with van der Waals surface area (Å²) in [6.45, 7) is 0.620. The predicted molar refractivity (Wildman–Crippen MR) is 93.8 cm³/mol. The molecule has 0 radical (unpaired) electrons. The van der Waals surface area contributed by atoms with Crippen molar-refractivity contribution in [3.05, 3.63) is 76.2 Å². The lowest BCUT2D eigenvalue weighted by Crippen LogP contribution is -2.27. The SMILES string of the molecule is O=C(Cc1n[nH]c(=O)c2ccccc12)NCCCc1ccccc1. The highest BCUT2D eigenvalue weighted by atomic mass is 16.1. The van der Waals surface area contributed by atoms with Crippen LogP contribution in [0.3, 0.4) is 0 Å². The van der Waals surface area contributed by atoms with E-state index in [-0.39, 0.29) is 17.9 Å². The first-order valence-corrected chi connectivity index (χ1v) is 8.01. The number of carbonyl (C=O) groups is 1. The lowest BCUT2D eigenvalue weighted by Gasteiger charge is -2.07. The minimum Gasteiger partial charge on any atom is -0.356 e. The Morgan fingerprint density at radius 1 is 1.00 bits per heavy atom. The van der Waals surface area contributed by atoms with Gasteiger partial charge in [0, 0.05) is 11.9 Å². The molecule has 3 aromatic rings. The Bertz CT molecular complexity index is 888. The Labute approximate surface area is 139 Å². The fraction of sp³-hybridized carbons (Fsp3) is 0.211. The van der Waals surface area contributed by atoms with Crippen molar-refractivity contribution in [2.24, 2.45) is 0 Å². The molecule has 24 heavy (non-hydrogen) atoms. The summed E-state index contributed by atoms with van der Waals surface area (Å²) in [6.07, 6.45) is 1.97. The molecule has 3 rings (SSSR count). The Kier molecular flexibility index (Phi) is 5.01. The topological polar surface area (TPSA) is 74.8 Å². The highest BCUT2D eigenvalue weighted by molar-refractivity contribution is 5.88. The number of H-pyrrole nitrogens is 1. The van der Waals surface area contributed by atoms with E-state index in [9.17, 15) is 9.59 Å². The van der Waals surface area contributed by atoms with Gasteiger partial charge in [-0.05, 0) is 24.5 Å². The van der Waals surface area contributed by atoms with Crippen LogP contribution in [0.15, 0.2) is 59.4 Å². The Balaban J connectivity index is 1.56. The number of hydrogen-bond acceptors (Lipinski definition) is 3. The van der Waals surface area contributed by atoms with Gasteiger partial charge < -0.3 is 5.32 Å². The van der Waals surface area contributed by atoms with Gasteiger partial charge in [-0.1, -0.05) is 48.5 Å². The summed E-state index contributed by atoms with van der Waals surface area (Å²) < 4.78 is 0. The van der Waals surface area contributed by atoms with Crippen molar-refractivity contribution < 1.29 is 4.79 Å². The van der Waals surface area contributed by atoms with Crippen LogP contribution < -0.4 is 10.9 Å². The van der Waals surface area contributed by atoms with E-state index in [4.69, 9.17) is 0 Å². The van der Waals surface area contributed by atoms with E-state index < -0.39 is 0 Å². The lowest BCUT2D eigenvalue weighted by atomic mass is 10.1. The number of aryl methyl sites for hydroxylation is 1. The van der Waals surface area contributed by atoms with Gasteiger partial charge in [0.1, 0.15) is 0 Å². The van der Waals surface area contributed by atoms with Gasteiger partial charge >= 0.3 is 0 Å². The average molecular weight is 321 g/mol. The van der Waals surface area contributed by atoms with Gasteiger partial charge in [-0.3, -0.25) is 9.59 Å². The number of nitrogens with zero attached hydrogens (tertiary/aromatic N) is 1. The largest absolute Gasteiger partial charge is 0.356 e. The van der Waals surface area contributed by atoms with E-state index in [0.29, 0.717) is 17.6 Å². The molecule has 122 valence electrons. The molecule has 0 unspecified atom stereocenters. The minimum atomic E-state index is -0.238. The van der Waals surface area contributed by atoms with E-state index in [1.165, 1.54) is 5.56 Å². The number of amides is 1. The molecule has 1 aromatic heterocycles. The third-order valence-corrected chi connectivity index (χ3v) is 3.91. The molecule has 0 saturated heterocycles. The first-order valence-electron chi connectivity index (χ1n) is 8.01. The molecule has 5 heteroatoms. The summed E-state index contributed by atoms with van der Waals surface area (Å²) in [4.78, 5) is 23.9. The van der Waals surface area contributed by atoms with Crippen LogP contribution in [0.5, 0.6) is 0 Å². The number of hydrogen-bond donors (Lipinski definition) is 2. The Morgan fingerprint density at radius 2 is 1.71 bits per heavy atom. The summed E-state index contributed by atoms with van der Waals surface area (Å²) in [5, 5.41) is 10.7. The molecular formula is C19H19N3O2. The van der Waals surface area contributed by atoms with Crippen LogP contribution >= 0.6 is 0 Å². The summed E-state index contributed by atoms with van der Waals surface area (Å²) in [6, 6.07) is 17.4. The molecule has 5 nitrogen and oxygen atoms in total. The number of fused-ring (bicyclic) bond motifs is 1. The van der Waals surface area contributed by atoms with Gasteiger partial charge in [0.15, 0.2) is 0 Å². The third-order valence-electron chi connectivity index (χ3n) is 3.91. The zero-order chi connectivity index (χ0) is 16.8. The number of carbonyl (C=O) groups excluding carboxylic acids is 1. The molecule has 1 amide bonds. The highest BCUT2D eigenvalue weighted by Gasteiger charge is 2.10. The standard InChI is InChI=1S/C19H19N3O2/c23-18(20-12-6-9-14-7-2-1-3-8-14)13-17-15-10-4-5-11-16(15)19(24)22-21-17/h1-5,7-8,10-11H,6,9,12-13H2,(H,20,23)(H,22,24). The Hall–Kier alpha value is -2.95. The third kappa shape index (κ3) is 3.87. The Morgan fingerprint density at radius 3 is 2.50 bits per heavy atom. The fourth-order valence-electron chi connectivity index (χ4n) is 2.69. The second kappa shape index (κ2) is 7.55. The van der Waals surface area contributed by atoms with E-state index in [1.54, 1.807) is 12.1 Å². The summed E-state index contributed by atoms with van der Waals surface area (Å²) in [5.41, 5.74) is 1.61. The summed E-state index contributed by atoms with van der Waals surface area (Å²) in [7, 11) is 0. The van der Waals surface area contributed by atoms with Crippen molar-refractivity contribution in [1.29, 1.82) is 0 Å². The lowest BCUT2D eigenvalue weighted by molar-refractivity contribution is -0.120. The van der Waals surface area contributed by atoms with Crippen molar-refractivity contribution in [3.63, 3.8) is 0 Å². The predicted octanol–water partition coefficient (Wildman–Crippen LogP) is 2.21. The molecule has 0 aliphatic rings. The van der Waals surface area contributed by atoms with E-state index in [1.807, 2.05) is 30.3 Å². The number of aromatic nitrogens is 2. The van der Waals surface area contributed by atoms with Gasteiger partial charge in [-0.15, -0.1) is 0 Å². The molecule has 0 aliphatic carbocycles. The van der Waals surface area contributed by atoms with Crippen LogP contribution in [-0.2, 0) is 17.6 Å². The van der Waals surface area contributed by atoms with Crippen molar-refractivity contribution in [1.82, 2.24) is 15.5 Å². The number of benzene rings is 2. The molecule has 0 spiro atoms. The molecule has 0 bridgehead atoms. The number of rotatable bonds is 6. The summed E-state index contributed by atoms with van der Waals surface area (Å²) in [5.74, 6) is -0.0900. The smallest absolute Gasteiger partial charge is 0.272 e. The quantitative estimate of drug-likeness (QED) is 0.684. The second-order valence-electron chi connectivity index (χ2n) is 5.66. The normalized spacial score (nSPS) is 10.7. The maximum atomic E-state index is 12.1. The van der Waals surface area contributed by atoms with Crippen molar-refractivity contribution >= 4 is 16.7 Å². The maximum absolute atomic E-state index is 12.1. The van der Waals surface area contributed by atoms with Crippen molar-refractivity contribution in [2.45, 2.75) is 19.3 Å². The molecule has 0 aliphatic heterocycles. The highest BCUT2D eigenvalue weighted by Crippen LogP contribution is 2.12. The van der Waals surface area contributed by atoms with Crippen LogP contribution in [0.1, 0.15) is 17.7 Å². The molecule has 2 aromatic carbocycles. The maximum Gasteiger partial charge on any atom is 0.272 e. The van der Waals surface area contributed by atoms with Gasteiger partial charge in [-0.25, -0.2) is 5.10 Å². The molecule has 0 fully saturated rings. The first-order chi connectivity index (χ1) is 11.7. The van der Waals surface area contributed by atoms with Crippen LogP contribution in [0, 0.1) is 0 Å². The van der Waals surface area contributed by atoms with Crippen LogP contribution in [0.2, 0.25) is 0 Å². The molecule has 2 N–H and O–H groups in total. The number of aromatic amines is 1. The van der Waals surface area contributed by atoms with Crippen LogP contribution in [-0.4, -0.2) is 22.6 Å². The fourth-order valence-corrected chi connectivity index (χ4v) is 2.69. The van der Waals surface area contributed by atoms with E-state index >= 15 is 0 Å². The summed E-state index contributed by atoms with van der Waals surface area (Å²) >= 11 is 0. The first kappa shape index (κ1) is 15.9. The van der Waals surface area contributed by atoms with Gasteiger partial charge in [0.2, 0.25) is 5.91 Å². The number of nitrogens with one attached hydrogen (secondary N) is 2.